The fourth-order valence-corrected chi connectivity index (χ4v) is 3.86. The summed E-state index contributed by atoms with van der Waals surface area (Å²) >= 11 is 0. The van der Waals surface area contributed by atoms with E-state index >= 15 is 0 Å². The monoisotopic (exact) mass is 412 g/mol. The molecule has 5 aromatic rings. The molecule has 3 aromatic carbocycles. The second kappa shape index (κ2) is 7.72. The van der Waals surface area contributed by atoms with Crippen LogP contribution in [-0.2, 0) is 6.54 Å². The van der Waals surface area contributed by atoms with Gasteiger partial charge in [-0.25, -0.2) is 9.37 Å². The Bertz CT molecular complexity index is 1370. The number of ether oxygens (including phenoxy) is 1. The van der Waals surface area contributed by atoms with Gasteiger partial charge < -0.3 is 9.30 Å². The normalized spacial score (nSPS) is 11.2. The molecule has 5 nitrogen and oxygen atoms in total. The van der Waals surface area contributed by atoms with E-state index < -0.39 is 0 Å². The van der Waals surface area contributed by atoms with E-state index in [0.717, 1.165) is 44.7 Å². The van der Waals surface area contributed by atoms with E-state index in [1.165, 1.54) is 12.1 Å². The number of imidazole rings is 1. The van der Waals surface area contributed by atoms with Gasteiger partial charge in [0.1, 0.15) is 11.6 Å². The fourth-order valence-electron chi connectivity index (χ4n) is 3.86. The summed E-state index contributed by atoms with van der Waals surface area (Å²) in [6.07, 6.45) is 5.64. The first kappa shape index (κ1) is 19.1. The number of hydrogen-bond acceptors (Lipinski definition) is 3. The number of benzene rings is 3. The van der Waals surface area contributed by atoms with Crippen LogP contribution in [0.15, 0.2) is 79.4 Å². The van der Waals surface area contributed by atoms with E-state index in [4.69, 9.17) is 4.74 Å². The maximum absolute atomic E-state index is 13.2. The third-order valence-electron chi connectivity index (χ3n) is 5.41. The summed E-state index contributed by atoms with van der Waals surface area (Å²) < 4.78 is 22.8. The molecule has 154 valence electrons. The maximum atomic E-state index is 13.2. The lowest BCUT2D eigenvalue weighted by Gasteiger charge is -2.12. The van der Waals surface area contributed by atoms with E-state index in [1.54, 1.807) is 25.6 Å². The molecule has 0 N–H and O–H groups in total. The highest BCUT2D eigenvalue weighted by Gasteiger charge is 2.13. The number of methoxy groups -OCH3 is 1. The minimum atomic E-state index is -0.236. The summed E-state index contributed by atoms with van der Waals surface area (Å²) in [5, 5.41) is 5.64. The number of halogens is 1. The van der Waals surface area contributed by atoms with Gasteiger partial charge in [0.25, 0.3) is 0 Å². The van der Waals surface area contributed by atoms with Crippen molar-refractivity contribution in [3.8, 4) is 22.6 Å². The summed E-state index contributed by atoms with van der Waals surface area (Å²) in [5.74, 6) is 0.533. The van der Waals surface area contributed by atoms with Gasteiger partial charge in [-0.2, -0.15) is 5.10 Å². The van der Waals surface area contributed by atoms with Crippen molar-refractivity contribution in [3.05, 3.63) is 96.5 Å². The van der Waals surface area contributed by atoms with Crippen LogP contribution in [0.4, 0.5) is 4.39 Å². The lowest BCUT2D eigenvalue weighted by Crippen LogP contribution is -2.01. The Hall–Kier alpha value is -3.93. The van der Waals surface area contributed by atoms with Crippen molar-refractivity contribution in [1.82, 2.24) is 19.3 Å². The fraction of sp³-hybridized carbons (Fsp3) is 0.120. The van der Waals surface area contributed by atoms with E-state index in [-0.39, 0.29) is 5.82 Å². The van der Waals surface area contributed by atoms with Crippen molar-refractivity contribution in [3.63, 3.8) is 0 Å². The largest absolute Gasteiger partial charge is 0.495 e. The number of fused-ring (bicyclic) bond motifs is 1. The molecule has 0 fully saturated rings. The Balaban J connectivity index is 1.54. The summed E-state index contributed by atoms with van der Waals surface area (Å²) in [4.78, 5) is 4.31. The Morgan fingerprint density at radius 3 is 2.61 bits per heavy atom. The molecule has 0 saturated heterocycles. The first-order valence-corrected chi connectivity index (χ1v) is 10.0. The maximum Gasteiger partial charge on any atom is 0.143 e. The summed E-state index contributed by atoms with van der Waals surface area (Å²) in [5.41, 5.74) is 6.03. The third kappa shape index (κ3) is 3.57. The molecule has 0 radical (unpaired) electrons. The highest BCUT2D eigenvalue weighted by molar-refractivity contribution is 5.95. The molecule has 31 heavy (non-hydrogen) atoms. The predicted molar refractivity (Wildman–Crippen MR) is 119 cm³/mol. The highest BCUT2D eigenvalue weighted by atomic mass is 19.1. The van der Waals surface area contributed by atoms with Crippen LogP contribution < -0.4 is 4.74 Å². The smallest absolute Gasteiger partial charge is 0.143 e. The van der Waals surface area contributed by atoms with Gasteiger partial charge in [0, 0.05) is 11.6 Å². The number of nitrogens with zero attached hydrogens (tertiary/aromatic N) is 4. The van der Waals surface area contributed by atoms with E-state index in [2.05, 4.69) is 28.3 Å². The second-order valence-electron chi connectivity index (χ2n) is 7.48. The molecule has 0 atom stereocenters. The van der Waals surface area contributed by atoms with E-state index in [1.807, 2.05) is 46.8 Å². The van der Waals surface area contributed by atoms with Crippen LogP contribution in [0, 0.1) is 12.7 Å². The van der Waals surface area contributed by atoms with E-state index in [0.29, 0.717) is 6.54 Å². The molecular formula is C25H21FN4O. The SMILES string of the molecule is COc1cc(-c2cccc3c2cnn3Cc2ccc(F)cc2)ccc1-n1cnc(C)c1. The average Bonchev–Trinajstić information content (AvgIpc) is 3.41. The van der Waals surface area contributed by atoms with Crippen molar-refractivity contribution in [2.24, 2.45) is 0 Å². The Kier molecular flexibility index (Phi) is 4.75. The Morgan fingerprint density at radius 1 is 1.03 bits per heavy atom. The van der Waals surface area contributed by atoms with E-state index in [9.17, 15) is 4.39 Å². The lowest BCUT2D eigenvalue weighted by atomic mass is 10.0. The zero-order valence-corrected chi connectivity index (χ0v) is 17.3. The van der Waals surface area contributed by atoms with Crippen LogP contribution in [0.25, 0.3) is 27.7 Å². The summed E-state index contributed by atoms with van der Waals surface area (Å²) in [6.45, 7) is 2.54. The minimum Gasteiger partial charge on any atom is -0.495 e. The van der Waals surface area contributed by atoms with Crippen LogP contribution in [-0.4, -0.2) is 26.4 Å². The van der Waals surface area contributed by atoms with Crippen LogP contribution in [0.5, 0.6) is 5.75 Å². The van der Waals surface area contributed by atoms with Crippen molar-refractivity contribution in [2.75, 3.05) is 7.11 Å². The topological polar surface area (TPSA) is 44.9 Å². The van der Waals surface area contributed by atoms with Gasteiger partial charge in [-0.3, -0.25) is 4.68 Å². The number of hydrogen-bond donors (Lipinski definition) is 0. The third-order valence-corrected chi connectivity index (χ3v) is 5.41. The Morgan fingerprint density at radius 2 is 1.87 bits per heavy atom. The van der Waals surface area contributed by atoms with Crippen molar-refractivity contribution in [2.45, 2.75) is 13.5 Å². The molecule has 0 spiro atoms. The molecule has 0 aliphatic carbocycles. The molecular weight excluding hydrogens is 391 g/mol. The second-order valence-corrected chi connectivity index (χ2v) is 7.48. The molecule has 0 aliphatic heterocycles. The van der Waals surface area contributed by atoms with Gasteiger partial charge in [-0.15, -0.1) is 0 Å². The minimum absolute atomic E-state index is 0.236. The molecule has 2 aromatic heterocycles. The number of aromatic nitrogens is 4. The van der Waals surface area contributed by atoms with Crippen molar-refractivity contribution < 1.29 is 9.13 Å². The molecule has 0 amide bonds. The first-order valence-electron chi connectivity index (χ1n) is 10.0. The van der Waals surface area contributed by atoms with Crippen LogP contribution in [0.1, 0.15) is 11.3 Å². The lowest BCUT2D eigenvalue weighted by molar-refractivity contribution is 0.413. The number of rotatable bonds is 5. The van der Waals surface area contributed by atoms with Gasteiger partial charge >= 0.3 is 0 Å². The Labute approximate surface area is 179 Å². The molecule has 6 heteroatoms. The van der Waals surface area contributed by atoms with Crippen LogP contribution in [0.3, 0.4) is 0 Å². The van der Waals surface area contributed by atoms with Gasteiger partial charge in [-0.1, -0.05) is 30.3 Å². The molecule has 0 unspecified atom stereocenters. The number of aryl methyl sites for hydroxylation is 1. The molecule has 2 heterocycles. The van der Waals surface area contributed by atoms with Gasteiger partial charge in [0.05, 0.1) is 43.1 Å². The van der Waals surface area contributed by atoms with Gasteiger partial charge in [-0.05, 0) is 53.9 Å². The van der Waals surface area contributed by atoms with Gasteiger partial charge in [0.2, 0.25) is 0 Å². The molecule has 0 saturated carbocycles. The highest BCUT2D eigenvalue weighted by Crippen LogP contribution is 2.34. The van der Waals surface area contributed by atoms with Crippen LogP contribution in [0.2, 0.25) is 0 Å². The summed E-state index contributed by atoms with van der Waals surface area (Å²) in [6, 6.07) is 18.8. The standard InChI is InChI=1S/C25H21FN4O/c1-17-14-29(16-27-17)24-11-8-19(12-25(24)31-2)21-4-3-5-23-22(21)13-28-30(23)15-18-6-9-20(26)10-7-18/h3-14,16H,15H2,1-2H3. The summed E-state index contributed by atoms with van der Waals surface area (Å²) in [7, 11) is 1.67. The van der Waals surface area contributed by atoms with Crippen LogP contribution >= 0.6 is 0 Å². The first-order chi connectivity index (χ1) is 15.1. The molecule has 0 bridgehead atoms. The zero-order valence-electron chi connectivity index (χ0n) is 17.3. The average molecular weight is 412 g/mol. The van der Waals surface area contributed by atoms with Gasteiger partial charge in [0.15, 0.2) is 0 Å². The predicted octanol–water partition coefficient (Wildman–Crippen LogP) is 5.39. The molecule has 5 rings (SSSR count). The zero-order chi connectivity index (χ0) is 21.4. The quantitative estimate of drug-likeness (QED) is 0.389. The van der Waals surface area contributed by atoms with Crippen molar-refractivity contribution in [1.29, 1.82) is 0 Å². The van der Waals surface area contributed by atoms with Crippen molar-refractivity contribution >= 4 is 10.9 Å². The molecule has 0 aliphatic rings.